The van der Waals surface area contributed by atoms with E-state index in [9.17, 15) is 4.79 Å². The predicted molar refractivity (Wildman–Crippen MR) is 114 cm³/mol. The molecule has 1 aliphatic heterocycles. The van der Waals surface area contributed by atoms with Crippen LogP contribution < -0.4 is 4.90 Å². The maximum atomic E-state index is 13.5. The van der Waals surface area contributed by atoms with E-state index in [1.165, 1.54) is 0 Å². The van der Waals surface area contributed by atoms with Crippen LogP contribution in [0.3, 0.4) is 0 Å². The second kappa shape index (κ2) is 7.55. The average molecular weight is 399 g/mol. The minimum Gasteiger partial charge on any atom is -0.337 e. The number of aryl methyl sites for hydroxylation is 1. The lowest BCUT2D eigenvalue weighted by atomic mass is 10.0. The summed E-state index contributed by atoms with van der Waals surface area (Å²) in [5.41, 5.74) is 3.12. The molecule has 0 aliphatic carbocycles. The molecule has 0 spiro atoms. The van der Waals surface area contributed by atoms with Crippen molar-refractivity contribution in [3.05, 3.63) is 66.7 Å². The zero-order valence-corrected chi connectivity index (χ0v) is 16.6. The first-order valence-corrected chi connectivity index (χ1v) is 9.89. The van der Waals surface area contributed by atoms with E-state index >= 15 is 0 Å². The quantitative estimate of drug-likeness (QED) is 0.526. The normalized spacial score (nSPS) is 14.3. The number of hydrogen-bond acceptors (Lipinski definition) is 6. The molecule has 4 aromatic rings. The van der Waals surface area contributed by atoms with Gasteiger partial charge in [-0.2, -0.15) is 5.10 Å². The van der Waals surface area contributed by atoms with Crippen LogP contribution in [0.25, 0.3) is 22.2 Å². The van der Waals surface area contributed by atoms with Crippen LogP contribution in [0.15, 0.2) is 61.2 Å². The molecule has 0 atom stereocenters. The number of nitrogens with zero attached hydrogens (tertiary/aromatic N) is 7. The Balaban J connectivity index is 1.45. The number of rotatable bonds is 3. The molecule has 1 saturated heterocycles. The maximum absolute atomic E-state index is 13.5. The Hall–Kier alpha value is -3.81. The summed E-state index contributed by atoms with van der Waals surface area (Å²) >= 11 is 0. The molecule has 1 aromatic carbocycles. The number of carbonyl (C=O) groups excluding carboxylic acids is 1. The van der Waals surface area contributed by atoms with Gasteiger partial charge in [0.05, 0.1) is 23.0 Å². The van der Waals surface area contributed by atoms with Crippen LogP contribution in [-0.2, 0) is 7.05 Å². The Kier molecular flexibility index (Phi) is 4.59. The van der Waals surface area contributed by atoms with Crippen LogP contribution in [0.5, 0.6) is 0 Å². The van der Waals surface area contributed by atoms with Crippen molar-refractivity contribution in [1.29, 1.82) is 0 Å². The van der Waals surface area contributed by atoms with E-state index in [0.29, 0.717) is 37.7 Å². The average Bonchev–Trinajstić information content (AvgIpc) is 3.25. The largest absolute Gasteiger partial charge is 0.337 e. The molecule has 0 N–H and O–H groups in total. The summed E-state index contributed by atoms with van der Waals surface area (Å²) in [6.45, 7) is 2.65. The topological polar surface area (TPSA) is 80.0 Å². The highest BCUT2D eigenvalue weighted by Crippen LogP contribution is 2.26. The fraction of sp³-hybridized carbons (Fsp3) is 0.227. The highest BCUT2D eigenvalue weighted by molar-refractivity contribution is 6.07. The molecule has 150 valence electrons. The van der Waals surface area contributed by atoms with Crippen LogP contribution in [-0.4, -0.2) is 61.7 Å². The van der Waals surface area contributed by atoms with Gasteiger partial charge >= 0.3 is 0 Å². The second-order valence-electron chi connectivity index (χ2n) is 7.30. The van der Waals surface area contributed by atoms with E-state index in [0.717, 1.165) is 22.2 Å². The van der Waals surface area contributed by atoms with Gasteiger partial charge in [0.1, 0.15) is 0 Å². The molecular formula is C22H21N7O. The van der Waals surface area contributed by atoms with E-state index < -0.39 is 0 Å². The number of hydrogen-bond donors (Lipinski definition) is 0. The van der Waals surface area contributed by atoms with Gasteiger partial charge in [0, 0.05) is 62.8 Å². The Morgan fingerprint density at radius 1 is 1.00 bits per heavy atom. The van der Waals surface area contributed by atoms with Crippen molar-refractivity contribution < 1.29 is 4.79 Å². The molecule has 30 heavy (non-hydrogen) atoms. The van der Waals surface area contributed by atoms with E-state index in [2.05, 4.69) is 20.0 Å². The second-order valence-corrected chi connectivity index (χ2v) is 7.30. The number of anilines is 1. The summed E-state index contributed by atoms with van der Waals surface area (Å²) < 4.78 is 1.73. The van der Waals surface area contributed by atoms with Crippen molar-refractivity contribution in [2.75, 3.05) is 31.1 Å². The Morgan fingerprint density at radius 2 is 1.77 bits per heavy atom. The van der Waals surface area contributed by atoms with Gasteiger partial charge in [-0.15, -0.1) is 0 Å². The van der Waals surface area contributed by atoms with E-state index in [1.807, 2.05) is 48.5 Å². The van der Waals surface area contributed by atoms with Gasteiger partial charge in [0.2, 0.25) is 5.95 Å². The Bertz CT molecular complexity index is 1200. The zero-order valence-electron chi connectivity index (χ0n) is 16.6. The minimum atomic E-state index is 0.0207. The zero-order chi connectivity index (χ0) is 20.5. The van der Waals surface area contributed by atoms with Crippen molar-refractivity contribution in [3.8, 4) is 11.3 Å². The SMILES string of the molecule is Cn1cc(-c2cc(C(=O)N3CCN(c4ncccn4)CC3)c3ccccc3n2)cn1. The molecule has 4 heterocycles. The molecule has 0 radical (unpaired) electrons. The van der Waals surface area contributed by atoms with Crippen LogP contribution >= 0.6 is 0 Å². The number of carbonyl (C=O) groups is 1. The summed E-state index contributed by atoms with van der Waals surface area (Å²) in [6.07, 6.45) is 7.15. The summed E-state index contributed by atoms with van der Waals surface area (Å²) in [5.74, 6) is 0.727. The number of piperazine rings is 1. The van der Waals surface area contributed by atoms with Crippen molar-refractivity contribution in [3.63, 3.8) is 0 Å². The van der Waals surface area contributed by atoms with Gasteiger partial charge in [-0.3, -0.25) is 9.48 Å². The first-order valence-electron chi connectivity index (χ1n) is 9.89. The van der Waals surface area contributed by atoms with Crippen molar-refractivity contribution in [2.45, 2.75) is 0 Å². The molecule has 8 heteroatoms. The minimum absolute atomic E-state index is 0.0207. The summed E-state index contributed by atoms with van der Waals surface area (Å²) in [7, 11) is 1.87. The molecule has 1 amide bonds. The summed E-state index contributed by atoms with van der Waals surface area (Å²) in [4.78, 5) is 30.9. The van der Waals surface area contributed by atoms with Crippen LogP contribution in [0.1, 0.15) is 10.4 Å². The Morgan fingerprint density at radius 3 is 2.50 bits per heavy atom. The maximum Gasteiger partial charge on any atom is 0.254 e. The van der Waals surface area contributed by atoms with Crippen LogP contribution in [0.4, 0.5) is 5.95 Å². The lowest BCUT2D eigenvalue weighted by Crippen LogP contribution is -2.49. The molecule has 0 saturated carbocycles. The fourth-order valence-corrected chi connectivity index (χ4v) is 3.79. The first-order chi connectivity index (χ1) is 14.7. The first kappa shape index (κ1) is 18.2. The van der Waals surface area contributed by atoms with E-state index in [4.69, 9.17) is 4.98 Å². The van der Waals surface area contributed by atoms with E-state index in [-0.39, 0.29) is 5.91 Å². The standard InChI is InChI=1S/C22H21N7O/c1-27-15-16(14-25-27)20-13-18(17-5-2-3-6-19(17)26-20)21(30)28-9-11-29(12-10-28)22-23-7-4-8-24-22/h2-8,13-15H,9-12H2,1H3. The molecule has 5 rings (SSSR count). The highest BCUT2D eigenvalue weighted by Gasteiger charge is 2.25. The predicted octanol–water partition coefficient (Wildman–Crippen LogP) is 2.39. The van der Waals surface area contributed by atoms with Gasteiger partial charge in [-0.25, -0.2) is 15.0 Å². The van der Waals surface area contributed by atoms with Crippen molar-refractivity contribution in [2.24, 2.45) is 7.05 Å². The molecule has 1 fully saturated rings. The number of fused-ring (bicyclic) bond motifs is 1. The number of amides is 1. The number of benzene rings is 1. The number of aromatic nitrogens is 5. The fourth-order valence-electron chi connectivity index (χ4n) is 3.79. The van der Waals surface area contributed by atoms with Crippen LogP contribution in [0.2, 0.25) is 0 Å². The third-order valence-electron chi connectivity index (χ3n) is 5.35. The monoisotopic (exact) mass is 399 g/mol. The summed E-state index contributed by atoms with van der Waals surface area (Å²) in [6, 6.07) is 11.5. The smallest absolute Gasteiger partial charge is 0.254 e. The third-order valence-corrected chi connectivity index (χ3v) is 5.35. The molecule has 8 nitrogen and oxygen atoms in total. The van der Waals surface area contributed by atoms with Gasteiger partial charge < -0.3 is 9.80 Å². The highest BCUT2D eigenvalue weighted by atomic mass is 16.2. The van der Waals surface area contributed by atoms with Crippen molar-refractivity contribution >= 4 is 22.8 Å². The lowest BCUT2D eigenvalue weighted by molar-refractivity contribution is 0.0748. The molecule has 3 aromatic heterocycles. The van der Waals surface area contributed by atoms with Gasteiger partial charge in [0.15, 0.2) is 0 Å². The molecule has 0 unspecified atom stereocenters. The van der Waals surface area contributed by atoms with Crippen LogP contribution in [0, 0.1) is 0 Å². The lowest BCUT2D eigenvalue weighted by Gasteiger charge is -2.34. The molecule has 0 bridgehead atoms. The number of pyridine rings is 1. The molecular weight excluding hydrogens is 378 g/mol. The third kappa shape index (κ3) is 3.36. The number of para-hydroxylation sites is 1. The van der Waals surface area contributed by atoms with Gasteiger partial charge in [-0.05, 0) is 18.2 Å². The van der Waals surface area contributed by atoms with Crippen molar-refractivity contribution in [1.82, 2.24) is 29.6 Å². The van der Waals surface area contributed by atoms with Gasteiger partial charge in [-0.1, -0.05) is 18.2 Å². The molecule has 1 aliphatic rings. The Labute approximate surface area is 173 Å². The van der Waals surface area contributed by atoms with E-state index in [1.54, 1.807) is 29.3 Å². The van der Waals surface area contributed by atoms with Gasteiger partial charge in [0.25, 0.3) is 5.91 Å². The summed E-state index contributed by atoms with van der Waals surface area (Å²) in [5, 5.41) is 5.10.